The minimum absolute atomic E-state index is 0.0503. The summed E-state index contributed by atoms with van der Waals surface area (Å²) in [5, 5.41) is 13.0. The molecule has 0 aliphatic heterocycles. The lowest BCUT2D eigenvalue weighted by molar-refractivity contribution is -0.127. The average molecular weight is 405 g/mol. The number of halogens is 3. The molecule has 1 aliphatic carbocycles. The predicted molar refractivity (Wildman–Crippen MR) is 93.8 cm³/mol. The average Bonchev–Trinajstić information content (AvgIpc) is 3.16. The fraction of sp³-hybridized carbons (Fsp3) is 0.600. The first-order valence-corrected chi connectivity index (χ1v) is 9.94. The Bertz CT molecular complexity index is 735. The van der Waals surface area contributed by atoms with Gasteiger partial charge in [-0.15, -0.1) is 21.5 Å². The van der Waals surface area contributed by atoms with E-state index in [1.807, 2.05) is 0 Å². The van der Waals surface area contributed by atoms with Crippen molar-refractivity contribution in [3.8, 4) is 0 Å². The van der Waals surface area contributed by atoms with E-state index in [1.54, 1.807) is 11.3 Å². The first-order valence-electron chi connectivity index (χ1n) is 8.30. The molecule has 0 aromatic carbocycles. The molecule has 2 N–H and O–H groups in total. The van der Waals surface area contributed by atoms with Crippen LogP contribution in [0.15, 0.2) is 0 Å². The second kappa shape index (κ2) is 8.30. The molecule has 2 aromatic heterocycles. The van der Waals surface area contributed by atoms with Crippen LogP contribution in [-0.2, 0) is 25.7 Å². The summed E-state index contributed by atoms with van der Waals surface area (Å²) in [7, 11) is 0. The van der Waals surface area contributed by atoms with Gasteiger partial charge in [0.1, 0.15) is 5.01 Å². The molecule has 0 saturated heterocycles. The van der Waals surface area contributed by atoms with E-state index in [-0.39, 0.29) is 10.1 Å². The number of urea groups is 1. The van der Waals surface area contributed by atoms with E-state index < -0.39 is 18.6 Å². The highest BCUT2D eigenvalue weighted by Gasteiger charge is 2.30. The Hall–Kier alpha value is -1.75. The number of rotatable bonds is 6. The quantitative estimate of drug-likeness (QED) is 0.718. The largest absolute Gasteiger partial charge is 0.395 e. The predicted octanol–water partition coefficient (Wildman–Crippen LogP) is 3.73. The van der Waals surface area contributed by atoms with Crippen LogP contribution in [0.25, 0.3) is 0 Å². The molecule has 0 bridgehead atoms. The highest BCUT2D eigenvalue weighted by Crippen LogP contribution is 2.27. The fourth-order valence-corrected chi connectivity index (χ4v) is 4.61. The number of nitrogens with one attached hydrogen (secondary N) is 2. The zero-order valence-electron chi connectivity index (χ0n) is 13.9. The molecule has 26 heavy (non-hydrogen) atoms. The van der Waals surface area contributed by atoms with E-state index in [1.165, 1.54) is 23.4 Å². The Morgan fingerprint density at radius 3 is 2.69 bits per heavy atom. The van der Waals surface area contributed by atoms with Crippen LogP contribution in [0.3, 0.4) is 0 Å². The summed E-state index contributed by atoms with van der Waals surface area (Å²) in [6.07, 6.45) is 0.666. The van der Waals surface area contributed by atoms with E-state index in [0.29, 0.717) is 17.9 Å². The molecular formula is C15H18F3N5OS2. The van der Waals surface area contributed by atoms with E-state index in [2.05, 4.69) is 25.8 Å². The van der Waals surface area contributed by atoms with Gasteiger partial charge >= 0.3 is 12.2 Å². The molecule has 2 heterocycles. The van der Waals surface area contributed by atoms with Crippen molar-refractivity contribution in [3.05, 3.63) is 20.6 Å². The van der Waals surface area contributed by atoms with Crippen LogP contribution in [0, 0.1) is 0 Å². The lowest BCUT2D eigenvalue weighted by Crippen LogP contribution is -2.29. The standard InChI is InChI=1S/C15H18F3N5OS2/c16-15(17,18)8-12-22-23-14(26-12)21-13(24)19-7-3-6-11-20-9-4-1-2-5-10(9)25-11/h1-8H2,(H2,19,21,23,24). The third kappa shape index (κ3) is 5.63. The Morgan fingerprint density at radius 2 is 1.92 bits per heavy atom. The molecule has 0 radical (unpaired) electrons. The van der Waals surface area contributed by atoms with Gasteiger partial charge in [-0.3, -0.25) is 5.32 Å². The van der Waals surface area contributed by atoms with Crippen molar-refractivity contribution in [3.63, 3.8) is 0 Å². The number of hydrogen-bond acceptors (Lipinski definition) is 6. The van der Waals surface area contributed by atoms with Crippen molar-refractivity contribution >= 4 is 33.8 Å². The van der Waals surface area contributed by atoms with E-state index >= 15 is 0 Å². The van der Waals surface area contributed by atoms with Gasteiger partial charge in [0.2, 0.25) is 5.13 Å². The van der Waals surface area contributed by atoms with E-state index in [9.17, 15) is 18.0 Å². The molecular weight excluding hydrogens is 387 g/mol. The lowest BCUT2D eigenvalue weighted by Gasteiger charge is -2.06. The van der Waals surface area contributed by atoms with E-state index in [0.717, 1.165) is 30.7 Å². The van der Waals surface area contributed by atoms with Gasteiger partial charge in [-0.2, -0.15) is 13.2 Å². The van der Waals surface area contributed by atoms with E-state index in [4.69, 9.17) is 0 Å². The third-order valence-electron chi connectivity index (χ3n) is 3.78. The Balaban J connectivity index is 1.37. The highest BCUT2D eigenvalue weighted by atomic mass is 32.1. The van der Waals surface area contributed by atoms with Crippen molar-refractivity contribution in [2.24, 2.45) is 0 Å². The highest BCUT2D eigenvalue weighted by molar-refractivity contribution is 7.15. The topological polar surface area (TPSA) is 79.8 Å². The van der Waals surface area contributed by atoms with Gasteiger partial charge in [-0.05, 0) is 32.1 Å². The van der Waals surface area contributed by atoms with Gasteiger partial charge < -0.3 is 5.32 Å². The van der Waals surface area contributed by atoms with Crippen LogP contribution in [0.2, 0.25) is 0 Å². The number of aromatic nitrogens is 3. The molecule has 0 fully saturated rings. The van der Waals surface area contributed by atoms with Crippen molar-refractivity contribution in [2.75, 3.05) is 11.9 Å². The summed E-state index contributed by atoms with van der Waals surface area (Å²) in [6, 6.07) is -0.502. The Labute approximate surface area is 156 Å². The zero-order chi connectivity index (χ0) is 18.6. The summed E-state index contributed by atoms with van der Waals surface area (Å²) < 4.78 is 36.8. The number of thiazole rings is 1. The SMILES string of the molecule is O=C(NCCCc1nc2c(s1)CCCC2)Nc1nnc(CC(F)(F)F)s1. The van der Waals surface area contributed by atoms with Crippen molar-refractivity contribution in [1.82, 2.24) is 20.5 Å². The van der Waals surface area contributed by atoms with Gasteiger partial charge in [-0.25, -0.2) is 9.78 Å². The molecule has 0 unspecified atom stereocenters. The minimum atomic E-state index is -4.34. The summed E-state index contributed by atoms with van der Waals surface area (Å²) in [5.41, 5.74) is 1.23. The Kier molecular flexibility index (Phi) is 6.07. The first-order chi connectivity index (χ1) is 12.4. The number of hydrogen-bond donors (Lipinski definition) is 2. The zero-order valence-corrected chi connectivity index (χ0v) is 15.5. The smallest absolute Gasteiger partial charge is 0.338 e. The molecule has 0 saturated carbocycles. The summed E-state index contributed by atoms with van der Waals surface area (Å²) in [6.45, 7) is 0.449. The van der Waals surface area contributed by atoms with Crippen LogP contribution in [0.4, 0.5) is 23.1 Å². The van der Waals surface area contributed by atoms with Crippen molar-refractivity contribution < 1.29 is 18.0 Å². The number of alkyl halides is 3. The molecule has 0 spiro atoms. The summed E-state index contributed by atoms with van der Waals surface area (Å²) in [5.74, 6) is 0. The van der Waals surface area contributed by atoms with Crippen molar-refractivity contribution in [2.45, 2.75) is 51.1 Å². The third-order valence-corrected chi connectivity index (χ3v) is 5.84. The minimum Gasteiger partial charge on any atom is -0.338 e. The maximum absolute atomic E-state index is 12.3. The first kappa shape index (κ1) is 19.0. The lowest BCUT2D eigenvalue weighted by atomic mass is 10.0. The number of aryl methyl sites for hydroxylation is 3. The van der Waals surface area contributed by atoms with Gasteiger partial charge in [0, 0.05) is 17.8 Å². The number of nitrogens with zero attached hydrogens (tertiary/aromatic N) is 3. The summed E-state index contributed by atoms with van der Waals surface area (Å²) in [4.78, 5) is 17.8. The Morgan fingerprint density at radius 1 is 1.12 bits per heavy atom. The molecule has 142 valence electrons. The van der Waals surface area contributed by atoms with Gasteiger partial charge in [0.05, 0.1) is 17.1 Å². The monoisotopic (exact) mass is 405 g/mol. The molecule has 2 amide bonds. The molecule has 11 heteroatoms. The molecule has 0 atom stereocenters. The number of carbonyl (C=O) groups is 1. The van der Waals surface area contributed by atoms with Crippen LogP contribution in [0.1, 0.15) is 39.8 Å². The number of fused-ring (bicyclic) bond motifs is 1. The maximum Gasteiger partial charge on any atom is 0.395 e. The van der Waals surface area contributed by atoms with Crippen LogP contribution < -0.4 is 10.6 Å². The molecule has 3 rings (SSSR count). The number of carbonyl (C=O) groups excluding carboxylic acids is 1. The van der Waals surface area contributed by atoms with Gasteiger partial charge in [0.15, 0.2) is 0 Å². The second-order valence-electron chi connectivity index (χ2n) is 5.96. The van der Waals surface area contributed by atoms with Crippen LogP contribution >= 0.6 is 22.7 Å². The van der Waals surface area contributed by atoms with Crippen molar-refractivity contribution in [1.29, 1.82) is 0 Å². The fourth-order valence-electron chi connectivity index (χ4n) is 2.64. The number of anilines is 1. The van der Waals surface area contributed by atoms with Crippen LogP contribution in [-0.4, -0.2) is 33.9 Å². The summed E-state index contributed by atoms with van der Waals surface area (Å²) >= 11 is 2.47. The second-order valence-corrected chi connectivity index (χ2v) is 8.19. The van der Waals surface area contributed by atoms with Gasteiger partial charge in [-0.1, -0.05) is 11.3 Å². The molecule has 6 nitrogen and oxygen atoms in total. The number of amides is 2. The van der Waals surface area contributed by atoms with Crippen LogP contribution in [0.5, 0.6) is 0 Å². The molecule has 1 aliphatic rings. The normalized spacial score (nSPS) is 14.1. The maximum atomic E-state index is 12.3. The van der Waals surface area contributed by atoms with Gasteiger partial charge in [0.25, 0.3) is 0 Å². The molecule has 2 aromatic rings.